The smallest absolute Gasteiger partial charge is 0.161 e. The van der Waals surface area contributed by atoms with Gasteiger partial charge in [-0.1, -0.05) is 0 Å². The van der Waals surface area contributed by atoms with E-state index < -0.39 is 0 Å². The summed E-state index contributed by atoms with van der Waals surface area (Å²) in [4.78, 5) is 4.03. The van der Waals surface area contributed by atoms with Crippen LogP contribution in [0.3, 0.4) is 0 Å². The zero-order valence-corrected chi connectivity index (χ0v) is 12.1. The van der Waals surface area contributed by atoms with Gasteiger partial charge in [0.05, 0.1) is 27.1 Å². The monoisotopic (exact) mass is 276 g/mol. The molecule has 0 fully saturated rings. The fourth-order valence-electron chi connectivity index (χ4n) is 2.11. The molecule has 0 saturated heterocycles. The number of imidazole rings is 1. The van der Waals surface area contributed by atoms with Gasteiger partial charge < -0.3 is 19.4 Å². The predicted molar refractivity (Wildman–Crippen MR) is 76.9 cm³/mol. The molecule has 5 nitrogen and oxygen atoms in total. The number of aromatic nitrogens is 2. The summed E-state index contributed by atoms with van der Waals surface area (Å²) >= 11 is 0. The highest BCUT2D eigenvalue weighted by Crippen LogP contribution is 2.27. The second kappa shape index (κ2) is 7.55. The third-order valence-corrected chi connectivity index (χ3v) is 3.21. The molecule has 0 unspecified atom stereocenters. The molecule has 0 bridgehead atoms. The maximum absolute atomic E-state index is 5.30. The van der Waals surface area contributed by atoms with Crippen molar-refractivity contribution in [3.8, 4) is 11.5 Å². The number of methoxy groups -OCH3 is 2. The highest BCUT2D eigenvalue weighted by atomic mass is 16.5. The van der Waals surface area contributed by atoms with Crippen LogP contribution in [0.1, 0.15) is 12.0 Å². The molecule has 2 aromatic rings. The van der Waals surface area contributed by atoms with Gasteiger partial charge in [0.15, 0.2) is 11.5 Å². The molecule has 2 rings (SSSR count). The summed E-state index contributed by atoms with van der Waals surface area (Å²) in [6, 6.07) is 6.06. The number of aryl methyl sites for hydroxylation is 1. The molecule has 0 aliphatic rings. The number of hydrogen-bond donors (Lipinski definition) is 1. The molecule has 1 aromatic heterocycles. The predicted octanol–water partition coefficient (Wildman–Crippen LogP) is 1.05. The molecular formula is C15H22N3O2+. The molecule has 20 heavy (non-hydrogen) atoms. The molecule has 2 N–H and O–H groups in total. The summed E-state index contributed by atoms with van der Waals surface area (Å²) in [6.07, 6.45) is 6.79. The molecule has 0 radical (unpaired) electrons. The average Bonchev–Trinajstić information content (AvgIpc) is 3.00. The Balaban J connectivity index is 1.73. The first-order valence-corrected chi connectivity index (χ1v) is 6.82. The van der Waals surface area contributed by atoms with E-state index in [1.54, 1.807) is 14.2 Å². The van der Waals surface area contributed by atoms with Gasteiger partial charge in [0.25, 0.3) is 0 Å². The van der Waals surface area contributed by atoms with Gasteiger partial charge in [-0.3, -0.25) is 0 Å². The molecular weight excluding hydrogens is 254 g/mol. The molecule has 108 valence electrons. The number of quaternary nitrogens is 1. The summed E-state index contributed by atoms with van der Waals surface area (Å²) < 4.78 is 12.6. The van der Waals surface area contributed by atoms with Crippen molar-refractivity contribution in [2.75, 3.05) is 20.8 Å². The molecule has 1 heterocycles. The first-order chi connectivity index (χ1) is 9.83. The van der Waals surface area contributed by atoms with Crippen molar-refractivity contribution in [3.05, 3.63) is 42.5 Å². The topological polar surface area (TPSA) is 52.9 Å². The quantitative estimate of drug-likeness (QED) is 0.733. The zero-order valence-electron chi connectivity index (χ0n) is 12.1. The Bertz CT molecular complexity index is 512. The van der Waals surface area contributed by atoms with Crippen LogP contribution in [0.2, 0.25) is 0 Å². The van der Waals surface area contributed by atoms with E-state index in [1.165, 1.54) is 5.56 Å². The van der Waals surface area contributed by atoms with Crippen molar-refractivity contribution in [1.29, 1.82) is 0 Å². The Morgan fingerprint density at radius 3 is 2.75 bits per heavy atom. The third-order valence-electron chi connectivity index (χ3n) is 3.21. The van der Waals surface area contributed by atoms with Crippen LogP contribution in [-0.4, -0.2) is 30.3 Å². The Morgan fingerprint density at radius 2 is 2.05 bits per heavy atom. The second-order valence-corrected chi connectivity index (χ2v) is 4.62. The van der Waals surface area contributed by atoms with Crippen molar-refractivity contribution in [2.24, 2.45) is 0 Å². The van der Waals surface area contributed by atoms with Crippen molar-refractivity contribution in [1.82, 2.24) is 9.55 Å². The van der Waals surface area contributed by atoms with Crippen LogP contribution in [0.15, 0.2) is 36.9 Å². The Kier molecular flexibility index (Phi) is 5.43. The summed E-state index contributed by atoms with van der Waals surface area (Å²) in [5, 5.41) is 2.30. The van der Waals surface area contributed by atoms with E-state index in [0.29, 0.717) is 0 Å². The highest BCUT2D eigenvalue weighted by Gasteiger charge is 2.05. The van der Waals surface area contributed by atoms with Gasteiger partial charge >= 0.3 is 0 Å². The Labute approximate surface area is 119 Å². The van der Waals surface area contributed by atoms with E-state index in [9.17, 15) is 0 Å². The maximum atomic E-state index is 5.30. The van der Waals surface area contributed by atoms with Crippen LogP contribution in [-0.2, 0) is 13.1 Å². The van der Waals surface area contributed by atoms with E-state index >= 15 is 0 Å². The molecule has 0 aliphatic heterocycles. The summed E-state index contributed by atoms with van der Waals surface area (Å²) in [6.45, 7) is 3.05. The zero-order chi connectivity index (χ0) is 14.2. The molecule has 0 spiro atoms. The van der Waals surface area contributed by atoms with Gasteiger partial charge in [0, 0.05) is 30.9 Å². The van der Waals surface area contributed by atoms with E-state index in [0.717, 1.165) is 37.6 Å². The van der Waals surface area contributed by atoms with Crippen LogP contribution >= 0.6 is 0 Å². The van der Waals surface area contributed by atoms with Crippen LogP contribution < -0.4 is 14.8 Å². The number of nitrogens with two attached hydrogens (primary N) is 1. The molecule has 0 atom stereocenters. The van der Waals surface area contributed by atoms with Gasteiger partial charge in [-0.05, 0) is 18.2 Å². The lowest BCUT2D eigenvalue weighted by Crippen LogP contribution is -2.82. The second-order valence-electron chi connectivity index (χ2n) is 4.62. The molecule has 0 aliphatic carbocycles. The van der Waals surface area contributed by atoms with E-state index in [4.69, 9.17) is 9.47 Å². The van der Waals surface area contributed by atoms with Crippen molar-refractivity contribution in [3.63, 3.8) is 0 Å². The first kappa shape index (κ1) is 14.4. The third kappa shape index (κ3) is 3.99. The van der Waals surface area contributed by atoms with Crippen molar-refractivity contribution < 1.29 is 14.8 Å². The SMILES string of the molecule is COc1ccc(C[NH2+]CCCn2ccnc2)cc1OC. The van der Waals surface area contributed by atoms with E-state index in [-0.39, 0.29) is 0 Å². The number of ether oxygens (including phenoxy) is 2. The fourth-order valence-corrected chi connectivity index (χ4v) is 2.11. The first-order valence-electron chi connectivity index (χ1n) is 6.82. The minimum Gasteiger partial charge on any atom is -0.493 e. The highest BCUT2D eigenvalue weighted by molar-refractivity contribution is 5.42. The summed E-state index contributed by atoms with van der Waals surface area (Å²) in [5.74, 6) is 1.56. The fraction of sp³-hybridized carbons (Fsp3) is 0.400. The lowest BCUT2D eigenvalue weighted by molar-refractivity contribution is -0.671. The van der Waals surface area contributed by atoms with Crippen molar-refractivity contribution in [2.45, 2.75) is 19.5 Å². The van der Waals surface area contributed by atoms with E-state index in [1.807, 2.05) is 30.9 Å². The van der Waals surface area contributed by atoms with Gasteiger partial charge in [0.1, 0.15) is 6.54 Å². The van der Waals surface area contributed by atoms with Crippen LogP contribution in [0.4, 0.5) is 0 Å². The molecule has 1 aromatic carbocycles. The van der Waals surface area contributed by atoms with Gasteiger partial charge in [-0.15, -0.1) is 0 Å². The average molecular weight is 276 g/mol. The Morgan fingerprint density at radius 1 is 1.20 bits per heavy atom. The Hall–Kier alpha value is -2.01. The maximum Gasteiger partial charge on any atom is 0.161 e. The number of benzene rings is 1. The minimum absolute atomic E-state index is 0.774. The normalized spacial score (nSPS) is 10.5. The lowest BCUT2D eigenvalue weighted by atomic mass is 10.2. The number of nitrogens with zero attached hydrogens (tertiary/aromatic N) is 2. The van der Waals surface area contributed by atoms with E-state index in [2.05, 4.69) is 20.9 Å². The number of rotatable bonds is 8. The lowest BCUT2D eigenvalue weighted by Gasteiger charge is -2.09. The summed E-state index contributed by atoms with van der Waals surface area (Å²) in [5.41, 5.74) is 1.24. The molecule has 0 amide bonds. The summed E-state index contributed by atoms with van der Waals surface area (Å²) in [7, 11) is 3.32. The van der Waals surface area contributed by atoms with Gasteiger partial charge in [-0.2, -0.15) is 0 Å². The van der Waals surface area contributed by atoms with Crippen LogP contribution in [0.5, 0.6) is 11.5 Å². The van der Waals surface area contributed by atoms with Crippen molar-refractivity contribution >= 4 is 0 Å². The van der Waals surface area contributed by atoms with Gasteiger partial charge in [-0.25, -0.2) is 4.98 Å². The molecule has 5 heteroatoms. The van der Waals surface area contributed by atoms with Crippen LogP contribution in [0, 0.1) is 0 Å². The molecule has 0 saturated carbocycles. The number of hydrogen-bond acceptors (Lipinski definition) is 3. The van der Waals surface area contributed by atoms with Gasteiger partial charge in [0.2, 0.25) is 0 Å². The standard InChI is InChI=1S/C15H21N3O2/c1-19-14-5-4-13(10-15(14)20-2)11-16-6-3-8-18-9-7-17-12-18/h4-5,7,9-10,12,16H,3,6,8,11H2,1-2H3/p+1. The minimum atomic E-state index is 0.774. The largest absolute Gasteiger partial charge is 0.493 e. The van der Waals surface area contributed by atoms with Crippen LogP contribution in [0.25, 0.3) is 0 Å².